The van der Waals surface area contributed by atoms with E-state index in [0.717, 1.165) is 0 Å². The van der Waals surface area contributed by atoms with Crippen molar-refractivity contribution in [1.29, 1.82) is 0 Å². The Morgan fingerprint density at radius 2 is 2.12 bits per heavy atom. The average Bonchev–Trinajstić information content (AvgIpc) is 2.24. The number of hydrogen-bond acceptors (Lipinski definition) is 4. The van der Waals surface area contributed by atoms with Crippen molar-refractivity contribution in [1.82, 2.24) is 15.0 Å². The Labute approximate surface area is 92.7 Å². The standard InChI is InChI=1S/C9H7F3N4O/c10-9(11,12)4-14-6-3-13-5-1-2-7(17)16-8(5)15-6/h1-3H,4H2,(H2,14,15,16,17). The summed E-state index contributed by atoms with van der Waals surface area (Å²) in [6.45, 7) is -1.20. The Kier molecular flexibility index (Phi) is 2.70. The number of hydrogen-bond donors (Lipinski definition) is 2. The molecule has 0 saturated heterocycles. The highest BCUT2D eigenvalue weighted by molar-refractivity contribution is 5.70. The molecule has 0 fully saturated rings. The summed E-state index contributed by atoms with van der Waals surface area (Å²) < 4.78 is 35.9. The second-order valence-corrected chi connectivity index (χ2v) is 3.28. The van der Waals surface area contributed by atoms with Gasteiger partial charge in [0.25, 0.3) is 0 Å². The van der Waals surface area contributed by atoms with E-state index in [4.69, 9.17) is 0 Å². The largest absolute Gasteiger partial charge is 0.405 e. The smallest absolute Gasteiger partial charge is 0.360 e. The predicted molar refractivity (Wildman–Crippen MR) is 54.7 cm³/mol. The molecule has 2 aromatic rings. The van der Waals surface area contributed by atoms with Crippen LogP contribution >= 0.6 is 0 Å². The molecular formula is C9H7F3N4O. The lowest BCUT2D eigenvalue weighted by Gasteiger charge is -2.08. The van der Waals surface area contributed by atoms with Crippen LogP contribution in [0.5, 0.6) is 0 Å². The number of nitrogens with one attached hydrogen (secondary N) is 2. The highest BCUT2D eigenvalue weighted by Crippen LogP contribution is 2.15. The highest BCUT2D eigenvalue weighted by atomic mass is 19.4. The summed E-state index contributed by atoms with van der Waals surface area (Å²) in [7, 11) is 0. The van der Waals surface area contributed by atoms with Gasteiger partial charge in [0.2, 0.25) is 5.56 Å². The molecule has 0 aliphatic rings. The first-order chi connectivity index (χ1) is 7.94. The van der Waals surface area contributed by atoms with Crippen molar-refractivity contribution < 1.29 is 13.2 Å². The molecule has 5 nitrogen and oxygen atoms in total. The number of alkyl halides is 3. The molecule has 2 heterocycles. The molecule has 0 radical (unpaired) electrons. The second-order valence-electron chi connectivity index (χ2n) is 3.28. The van der Waals surface area contributed by atoms with E-state index in [1.807, 2.05) is 0 Å². The van der Waals surface area contributed by atoms with Gasteiger partial charge in [-0.3, -0.25) is 4.79 Å². The molecule has 0 aromatic carbocycles. The predicted octanol–water partition coefficient (Wildman–Crippen LogP) is 1.29. The molecule has 0 aliphatic carbocycles. The quantitative estimate of drug-likeness (QED) is 0.835. The van der Waals surface area contributed by atoms with E-state index >= 15 is 0 Å². The minimum absolute atomic E-state index is 0.0447. The molecule has 0 atom stereocenters. The Hall–Kier alpha value is -2.12. The second kappa shape index (κ2) is 4.04. The monoisotopic (exact) mass is 244 g/mol. The normalized spacial score (nSPS) is 11.7. The van der Waals surface area contributed by atoms with Crippen molar-refractivity contribution in [2.45, 2.75) is 6.18 Å². The number of rotatable bonds is 2. The Bertz CT molecular complexity index is 593. The minimum Gasteiger partial charge on any atom is -0.360 e. The van der Waals surface area contributed by atoms with Gasteiger partial charge in [-0.1, -0.05) is 0 Å². The fourth-order valence-electron chi connectivity index (χ4n) is 1.20. The summed E-state index contributed by atoms with van der Waals surface area (Å²) in [6.07, 6.45) is -3.16. The molecular weight excluding hydrogens is 237 g/mol. The van der Waals surface area contributed by atoms with Crippen LogP contribution < -0.4 is 10.9 Å². The van der Waals surface area contributed by atoms with E-state index in [0.29, 0.717) is 5.52 Å². The molecule has 2 aromatic heterocycles. The van der Waals surface area contributed by atoms with E-state index < -0.39 is 12.7 Å². The van der Waals surface area contributed by atoms with Gasteiger partial charge in [0, 0.05) is 6.07 Å². The maximum Gasteiger partial charge on any atom is 0.405 e. The summed E-state index contributed by atoms with van der Waals surface area (Å²) in [5, 5.41) is 2.08. The Morgan fingerprint density at radius 1 is 1.35 bits per heavy atom. The van der Waals surface area contributed by atoms with Crippen LogP contribution in [0.1, 0.15) is 0 Å². The van der Waals surface area contributed by atoms with Crippen LogP contribution in [0.3, 0.4) is 0 Å². The molecule has 0 bridgehead atoms. The molecule has 0 amide bonds. The van der Waals surface area contributed by atoms with Crippen LogP contribution in [-0.2, 0) is 0 Å². The molecule has 2 N–H and O–H groups in total. The number of aromatic nitrogens is 3. The van der Waals surface area contributed by atoms with Gasteiger partial charge in [-0.05, 0) is 6.07 Å². The molecule has 2 rings (SSSR count). The fourth-order valence-corrected chi connectivity index (χ4v) is 1.20. The highest BCUT2D eigenvalue weighted by Gasteiger charge is 2.26. The van der Waals surface area contributed by atoms with E-state index in [-0.39, 0.29) is 17.0 Å². The third kappa shape index (κ3) is 2.92. The summed E-state index contributed by atoms with van der Waals surface area (Å²) >= 11 is 0. The molecule has 0 saturated carbocycles. The summed E-state index contributed by atoms with van der Waals surface area (Å²) in [6, 6.07) is 2.70. The van der Waals surface area contributed by atoms with Crippen LogP contribution in [0.2, 0.25) is 0 Å². The molecule has 0 aliphatic heterocycles. The van der Waals surface area contributed by atoms with E-state index in [9.17, 15) is 18.0 Å². The van der Waals surface area contributed by atoms with Crippen molar-refractivity contribution in [2.24, 2.45) is 0 Å². The number of halogens is 3. The maximum absolute atomic E-state index is 12.0. The molecule has 8 heteroatoms. The van der Waals surface area contributed by atoms with Gasteiger partial charge < -0.3 is 10.3 Å². The van der Waals surface area contributed by atoms with Gasteiger partial charge in [0.1, 0.15) is 17.9 Å². The molecule has 0 spiro atoms. The van der Waals surface area contributed by atoms with Gasteiger partial charge in [0.15, 0.2) is 5.65 Å². The van der Waals surface area contributed by atoms with Crippen LogP contribution in [0.25, 0.3) is 11.2 Å². The van der Waals surface area contributed by atoms with Gasteiger partial charge in [-0.15, -0.1) is 0 Å². The van der Waals surface area contributed by atoms with Crippen molar-refractivity contribution in [3.05, 3.63) is 28.7 Å². The minimum atomic E-state index is -4.33. The number of nitrogens with zero attached hydrogens (tertiary/aromatic N) is 2. The Morgan fingerprint density at radius 3 is 2.82 bits per heavy atom. The number of aromatic amines is 1. The lowest BCUT2D eigenvalue weighted by molar-refractivity contribution is -0.115. The molecule has 0 unspecified atom stereocenters. The van der Waals surface area contributed by atoms with Gasteiger partial charge >= 0.3 is 6.18 Å². The number of H-pyrrole nitrogens is 1. The fraction of sp³-hybridized carbons (Fsp3) is 0.222. The summed E-state index contributed by atoms with van der Waals surface area (Å²) in [4.78, 5) is 21.0. The van der Waals surface area contributed by atoms with Gasteiger partial charge in [0.05, 0.1) is 6.20 Å². The van der Waals surface area contributed by atoms with Crippen molar-refractivity contribution in [2.75, 3.05) is 11.9 Å². The van der Waals surface area contributed by atoms with E-state index in [1.165, 1.54) is 18.3 Å². The van der Waals surface area contributed by atoms with Crippen molar-refractivity contribution in [3.63, 3.8) is 0 Å². The average molecular weight is 244 g/mol. The SMILES string of the molecule is O=c1ccc2ncc(NCC(F)(F)F)nc2[nH]1. The van der Waals surface area contributed by atoms with Crippen LogP contribution in [0, 0.1) is 0 Å². The van der Waals surface area contributed by atoms with E-state index in [1.54, 1.807) is 0 Å². The first-order valence-electron chi connectivity index (χ1n) is 4.61. The summed E-state index contributed by atoms with van der Waals surface area (Å²) in [5.41, 5.74) is 0.159. The van der Waals surface area contributed by atoms with Crippen molar-refractivity contribution in [3.8, 4) is 0 Å². The zero-order valence-electron chi connectivity index (χ0n) is 8.38. The number of pyridine rings is 1. The van der Waals surface area contributed by atoms with E-state index in [2.05, 4.69) is 20.3 Å². The first-order valence-corrected chi connectivity index (χ1v) is 4.61. The zero-order valence-corrected chi connectivity index (χ0v) is 8.38. The topological polar surface area (TPSA) is 70.7 Å². The van der Waals surface area contributed by atoms with Crippen LogP contribution in [0.4, 0.5) is 19.0 Å². The molecule has 90 valence electrons. The Balaban J connectivity index is 2.28. The van der Waals surface area contributed by atoms with Crippen LogP contribution in [0.15, 0.2) is 23.1 Å². The lowest BCUT2D eigenvalue weighted by Crippen LogP contribution is -2.22. The summed E-state index contributed by atoms with van der Waals surface area (Å²) in [5.74, 6) is -0.0447. The van der Waals surface area contributed by atoms with Crippen molar-refractivity contribution >= 4 is 17.0 Å². The first kappa shape index (κ1) is 11.4. The maximum atomic E-state index is 12.0. The number of fused-ring (bicyclic) bond motifs is 1. The number of anilines is 1. The lowest BCUT2D eigenvalue weighted by atomic mass is 10.4. The third-order valence-corrected chi connectivity index (χ3v) is 1.90. The van der Waals surface area contributed by atoms with Gasteiger partial charge in [-0.25, -0.2) is 9.97 Å². The molecule has 17 heavy (non-hydrogen) atoms. The van der Waals surface area contributed by atoms with Gasteiger partial charge in [-0.2, -0.15) is 13.2 Å². The van der Waals surface area contributed by atoms with Crippen LogP contribution in [-0.4, -0.2) is 27.7 Å². The zero-order chi connectivity index (χ0) is 12.5. The third-order valence-electron chi connectivity index (χ3n) is 1.90.